The number of benzene rings is 1. The summed E-state index contributed by atoms with van der Waals surface area (Å²) in [5, 5.41) is 0. The Morgan fingerprint density at radius 1 is 1.04 bits per heavy atom. The Balaban J connectivity index is 2.05. The third kappa shape index (κ3) is 5.48. The maximum Gasteiger partial charge on any atom is 0.260 e. The van der Waals surface area contributed by atoms with E-state index in [2.05, 4.69) is 13.2 Å². The maximum atomic E-state index is 12.8. The van der Waals surface area contributed by atoms with Gasteiger partial charge >= 0.3 is 0 Å². The van der Waals surface area contributed by atoms with Crippen LogP contribution < -0.4 is 4.74 Å². The second kappa shape index (κ2) is 10.4. The molecule has 0 radical (unpaired) electrons. The van der Waals surface area contributed by atoms with Gasteiger partial charge in [-0.3, -0.25) is 9.59 Å². The molecular weight excluding hydrogens is 328 g/mol. The number of carbonyl (C=O) groups is 2. The molecule has 2 amide bonds. The molecule has 2 rings (SSSR count). The first-order valence-corrected chi connectivity index (χ1v) is 9.18. The van der Waals surface area contributed by atoms with E-state index in [0.717, 1.165) is 25.9 Å². The van der Waals surface area contributed by atoms with Gasteiger partial charge in [-0.05, 0) is 25.0 Å². The van der Waals surface area contributed by atoms with Crippen LogP contribution in [-0.4, -0.2) is 54.4 Å². The molecule has 1 aromatic rings. The average molecular weight is 356 g/mol. The minimum absolute atomic E-state index is 0.0248. The Kier molecular flexibility index (Phi) is 7.93. The summed E-state index contributed by atoms with van der Waals surface area (Å²) in [5.41, 5.74) is 0.444. The lowest BCUT2D eigenvalue weighted by molar-refractivity contribution is -0.133. The van der Waals surface area contributed by atoms with Crippen LogP contribution >= 0.6 is 0 Å². The van der Waals surface area contributed by atoms with Gasteiger partial charge in [-0.15, -0.1) is 13.2 Å². The molecule has 1 fully saturated rings. The average Bonchev–Trinajstić information content (AvgIpc) is 2.95. The van der Waals surface area contributed by atoms with Crippen molar-refractivity contribution in [2.24, 2.45) is 0 Å². The third-order valence-electron chi connectivity index (χ3n) is 4.41. The molecule has 0 aromatic heterocycles. The van der Waals surface area contributed by atoms with Crippen LogP contribution in [0.1, 0.15) is 36.0 Å². The number of carbonyl (C=O) groups excluding carboxylic acids is 2. The number of likely N-dealkylation sites (tertiary alicyclic amines) is 1. The van der Waals surface area contributed by atoms with Crippen LogP contribution in [0.4, 0.5) is 0 Å². The van der Waals surface area contributed by atoms with Crippen LogP contribution in [-0.2, 0) is 4.79 Å². The molecule has 0 bridgehead atoms. The van der Waals surface area contributed by atoms with Gasteiger partial charge in [0.1, 0.15) is 5.75 Å². The minimum atomic E-state index is -0.164. The van der Waals surface area contributed by atoms with Gasteiger partial charge in [0.05, 0.1) is 5.56 Å². The maximum absolute atomic E-state index is 12.8. The van der Waals surface area contributed by atoms with Crippen LogP contribution in [0.15, 0.2) is 49.6 Å². The second-order valence-electron chi connectivity index (χ2n) is 6.37. The predicted octanol–water partition coefficient (Wildman–Crippen LogP) is 3.28. The summed E-state index contributed by atoms with van der Waals surface area (Å²) >= 11 is 0. The second-order valence-corrected chi connectivity index (χ2v) is 6.37. The highest BCUT2D eigenvalue weighted by Gasteiger charge is 2.20. The molecule has 1 heterocycles. The van der Waals surface area contributed by atoms with Gasteiger partial charge in [0.25, 0.3) is 11.8 Å². The van der Waals surface area contributed by atoms with Crippen LogP contribution in [0.5, 0.6) is 5.75 Å². The summed E-state index contributed by atoms with van der Waals surface area (Å²) in [6.45, 7) is 9.75. The Hall–Kier alpha value is -2.56. The zero-order valence-electron chi connectivity index (χ0n) is 15.4. The molecule has 0 aliphatic carbocycles. The molecule has 26 heavy (non-hydrogen) atoms. The largest absolute Gasteiger partial charge is 0.483 e. The van der Waals surface area contributed by atoms with E-state index < -0.39 is 0 Å². The first kappa shape index (κ1) is 19.8. The fourth-order valence-electron chi connectivity index (χ4n) is 3.04. The van der Waals surface area contributed by atoms with E-state index in [4.69, 9.17) is 4.74 Å². The number of amides is 2. The molecule has 1 aliphatic heterocycles. The quantitative estimate of drug-likeness (QED) is 0.672. The highest BCUT2D eigenvalue weighted by Crippen LogP contribution is 2.20. The molecule has 5 heteroatoms. The van der Waals surface area contributed by atoms with Gasteiger partial charge in [0, 0.05) is 26.2 Å². The third-order valence-corrected chi connectivity index (χ3v) is 4.41. The SMILES string of the molecule is C=CCN(CC=C)C(=O)c1ccccc1OCC(=O)N1CCCCCC1. The van der Waals surface area contributed by atoms with Crippen LogP contribution in [0.2, 0.25) is 0 Å². The van der Waals surface area contributed by atoms with Crippen LogP contribution in [0.3, 0.4) is 0 Å². The normalized spacial score (nSPS) is 14.2. The van der Waals surface area contributed by atoms with Crippen molar-refractivity contribution < 1.29 is 14.3 Å². The predicted molar refractivity (Wildman–Crippen MR) is 103 cm³/mol. The van der Waals surface area contributed by atoms with E-state index in [-0.39, 0.29) is 18.4 Å². The molecule has 5 nitrogen and oxygen atoms in total. The fraction of sp³-hybridized carbons (Fsp3) is 0.429. The number of rotatable bonds is 8. The highest BCUT2D eigenvalue weighted by atomic mass is 16.5. The van der Waals surface area contributed by atoms with Crippen molar-refractivity contribution in [3.05, 3.63) is 55.1 Å². The Morgan fingerprint density at radius 3 is 2.27 bits per heavy atom. The zero-order valence-corrected chi connectivity index (χ0v) is 15.4. The first-order valence-electron chi connectivity index (χ1n) is 9.18. The van der Waals surface area contributed by atoms with Crippen molar-refractivity contribution in [1.29, 1.82) is 0 Å². The summed E-state index contributed by atoms with van der Waals surface area (Å²) < 4.78 is 5.73. The molecule has 1 saturated heterocycles. The molecular formula is C21H28N2O3. The van der Waals surface area contributed by atoms with E-state index in [1.54, 1.807) is 41.3 Å². The van der Waals surface area contributed by atoms with Gasteiger partial charge < -0.3 is 14.5 Å². The van der Waals surface area contributed by atoms with Gasteiger partial charge in [-0.1, -0.05) is 37.1 Å². The number of hydrogen-bond acceptors (Lipinski definition) is 3. The molecule has 1 aromatic carbocycles. The van der Waals surface area contributed by atoms with Crippen LogP contribution in [0, 0.1) is 0 Å². The minimum Gasteiger partial charge on any atom is -0.483 e. The van der Waals surface area contributed by atoms with Crippen molar-refractivity contribution >= 4 is 11.8 Å². The molecule has 0 N–H and O–H groups in total. The lowest BCUT2D eigenvalue weighted by Gasteiger charge is -2.22. The van der Waals surface area contributed by atoms with E-state index >= 15 is 0 Å². The van der Waals surface area contributed by atoms with Crippen LogP contribution in [0.25, 0.3) is 0 Å². The molecule has 0 atom stereocenters. The fourth-order valence-corrected chi connectivity index (χ4v) is 3.04. The summed E-state index contributed by atoms with van der Waals surface area (Å²) in [4.78, 5) is 28.7. The topological polar surface area (TPSA) is 49.9 Å². The monoisotopic (exact) mass is 356 g/mol. The molecule has 140 valence electrons. The lowest BCUT2D eigenvalue weighted by atomic mass is 10.1. The van der Waals surface area contributed by atoms with Gasteiger partial charge in [0.2, 0.25) is 0 Å². The Labute approximate surface area is 155 Å². The number of nitrogens with zero attached hydrogens (tertiary/aromatic N) is 2. The van der Waals surface area contributed by atoms with E-state index in [9.17, 15) is 9.59 Å². The van der Waals surface area contributed by atoms with Gasteiger partial charge in [-0.25, -0.2) is 0 Å². The summed E-state index contributed by atoms with van der Waals surface area (Å²) in [6.07, 6.45) is 7.77. The Bertz CT molecular complexity index is 624. The molecule has 0 spiro atoms. The Morgan fingerprint density at radius 2 is 1.65 bits per heavy atom. The number of ether oxygens (including phenoxy) is 1. The van der Waals surface area contributed by atoms with Crippen molar-refractivity contribution in [2.75, 3.05) is 32.8 Å². The molecule has 0 saturated carbocycles. The van der Waals surface area contributed by atoms with E-state index in [1.165, 1.54) is 12.8 Å². The van der Waals surface area contributed by atoms with Gasteiger partial charge in [-0.2, -0.15) is 0 Å². The summed E-state index contributed by atoms with van der Waals surface area (Å²) in [6, 6.07) is 7.03. The van der Waals surface area contributed by atoms with E-state index in [1.807, 2.05) is 4.90 Å². The van der Waals surface area contributed by atoms with Crippen molar-refractivity contribution in [1.82, 2.24) is 9.80 Å². The first-order chi connectivity index (χ1) is 12.7. The van der Waals surface area contributed by atoms with E-state index in [0.29, 0.717) is 24.4 Å². The molecule has 1 aliphatic rings. The highest BCUT2D eigenvalue weighted by molar-refractivity contribution is 5.97. The summed E-state index contributed by atoms with van der Waals surface area (Å²) in [7, 11) is 0. The van der Waals surface area contributed by atoms with Crippen molar-refractivity contribution in [3.8, 4) is 5.75 Å². The lowest BCUT2D eigenvalue weighted by Crippen LogP contribution is -2.36. The smallest absolute Gasteiger partial charge is 0.260 e. The number of para-hydroxylation sites is 1. The van der Waals surface area contributed by atoms with Crippen molar-refractivity contribution in [3.63, 3.8) is 0 Å². The zero-order chi connectivity index (χ0) is 18.8. The van der Waals surface area contributed by atoms with Crippen molar-refractivity contribution in [2.45, 2.75) is 25.7 Å². The summed E-state index contributed by atoms with van der Waals surface area (Å²) in [5.74, 6) is 0.240. The number of hydrogen-bond donors (Lipinski definition) is 0. The standard InChI is InChI=1S/C21H28N2O3/c1-3-13-23(14-4-2)21(25)18-11-7-8-12-19(18)26-17-20(24)22-15-9-5-6-10-16-22/h3-4,7-8,11-12H,1-2,5-6,9-10,13-17H2. The van der Waals surface area contributed by atoms with Gasteiger partial charge in [0.15, 0.2) is 6.61 Å². The molecule has 0 unspecified atom stereocenters.